The lowest BCUT2D eigenvalue weighted by atomic mass is 10.2. The fourth-order valence-electron chi connectivity index (χ4n) is 1.82. The summed E-state index contributed by atoms with van der Waals surface area (Å²) in [7, 11) is 1.70. The van der Waals surface area contributed by atoms with E-state index in [0.717, 1.165) is 5.69 Å². The van der Waals surface area contributed by atoms with Crippen molar-refractivity contribution in [2.24, 2.45) is 0 Å². The third-order valence-electron chi connectivity index (χ3n) is 2.90. The molecular weight excluding hydrogens is 266 g/mol. The van der Waals surface area contributed by atoms with Crippen LogP contribution in [0.2, 0.25) is 0 Å². The van der Waals surface area contributed by atoms with E-state index in [1.165, 1.54) is 11.8 Å². The maximum atomic E-state index is 12.1. The van der Waals surface area contributed by atoms with E-state index in [0.29, 0.717) is 11.4 Å². The second-order valence-electron chi connectivity index (χ2n) is 4.58. The number of carbonyl (C=O) groups is 2. The number of amides is 3. The quantitative estimate of drug-likeness (QED) is 0.907. The average molecular weight is 283 g/mol. The molecule has 0 spiro atoms. The van der Waals surface area contributed by atoms with Crippen molar-refractivity contribution in [3.63, 3.8) is 0 Å². The molecule has 0 aromatic heterocycles. The van der Waals surface area contributed by atoms with Crippen molar-refractivity contribution in [2.45, 2.75) is 6.92 Å². The first-order chi connectivity index (χ1) is 10.1. The second-order valence-corrected chi connectivity index (χ2v) is 4.58. The first-order valence-electron chi connectivity index (χ1n) is 6.53. The van der Waals surface area contributed by atoms with Crippen LogP contribution in [0.25, 0.3) is 0 Å². The zero-order chi connectivity index (χ0) is 15.2. The molecule has 0 bridgehead atoms. The number of hydrogen-bond donors (Lipinski definition) is 2. The summed E-state index contributed by atoms with van der Waals surface area (Å²) in [5.41, 5.74) is 2.17. The van der Waals surface area contributed by atoms with Crippen LogP contribution in [-0.2, 0) is 4.79 Å². The van der Waals surface area contributed by atoms with Gasteiger partial charge in [-0.2, -0.15) is 0 Å². The van der Waals surface area contributed by atoms with Crippen LogP contribution >= 0.6 is 0 Å². The molecule has 0 fully saturated rings. The molecule has 0 aliphatic rings. The third kappa shape index (κ3) is 4.07. The van der Waals surface area contributed by atoms with Crippen molar-refractivity contribution in [1.82, 2.24) is 0 Å². The second kappa shape index (κ2) is 6.56. The van der Waals surface area contributed by atoms with E-state index in [1.54, 1.807) is 31.3 Å². The van der Waals surface area contributed by atoms with E-state index in [2.05, 4.69) is 10.6 Å². The highest BCUT2D eigenvalue weighted by Gasteiger charge is 2.10. The topological polar surface area (TPSA) is 61.4 Å². The highest BCUT2D eigenvalue weighted by Crippen LogP contribution is 2.16. The van der Waals surface area contributed by atoms with Gasteiger partial charge in [-0.05, 0) is 36.4 Å². The van der Waals surface area contributed by atoms with Crippen LogP contribution in [0.5, 0.6) is 0 Å². The maximum absolute atomic E-state index is 12.1. The first-order valence-corrected chi connectivity index (χ1v) is 6.53. The van der Waals surface area contributed by atoms with Gasteiger partial charge in [0.1, 0.15) is 0 Å². The molecule has 108 valence electrons. The lowest BCUT2D eigenvalue weighted by Crippen LogP contribution is -2.31. The van der Waals surface area contributed by atoms with Gasteiger partial charge >= 0.3 is 6.03 Å². The Morgan fingerprint density at radius 3 is 1.90 bits per heavy atom. The van der Waals surface area contributed by atoms with Crippen LogP contribution in [0.1, 0.15) is 6.92 Å². The van der Waals surface area contributed by atoms with E-state index in [1.807, 2.05) is 30.3 Å². The van der Waals surface area contributed by atoms with Crippen LogP contribution in [0.3, 0.4) is 0 Å². The minimum Gasteiger partial charge on any atom is -0.326 e. The molecule has 3 amide bonds. The molecule has 0 aliphatic carbocycles. The molecule has 0 saturated heterocycles. The Labute approximate surface area is 123 Å². The fraction of sp³-hybridized carbons (Fsp3) is 0.125. The largest absolute Gasteiger partial charge is 0.326 e. The van der Waals surface area contributed by atoms with Crippen LogP contribution in [0, 0.1) is 0 Å². The van der Waals surface area contributed by atoms with Gasteiger partial charge in [-0.25, -0.2) is 4.79 Å². The van der Waals surface area contributed by atoms with Crippen molar-refractivity contribution in [3.05, 3.63) is 54.6 Å². The molecule has 21 heavy (non-hydrogen) atoms. The molecule has 2 rings (SSSR count). The SMILES string of the molecule is CC(=O)Nc1ccc(NC(=O)N(C)c2ccccc2)cc1. The Morgan fingerprint density at radius 1 is 0.857 bits per heavy atom. The number of hydrogen-bond acceptors (Lipinski definition) is 2. The zero-order valence-corrected chi connectivity index (χ0v) is 12.0. The molecule has 5 nitrogen and oxygen atoms in total. The van der Waals surface area contributed by atoms with Gasteiger partial charge in [0.15, 0.2) is 0 Å². The Morgan fingerprint density at radius 2 is 1.38 bits per heavy atom. The fourth-order valence-corrected chi connectivity index (χ4v) is 1.82. The smallest absolute Gasteiger partial charge is 0.326 e. The van der Waals surface area contributed by atoms with Crippen molar-refractivity contribution < 1.29 is 9.59 Å². The number of para-hydroxylation sites is 1. The highest BCUT2D eigenvalue weighted by molar-refractivity contribution is 6.01. The summed E-state index contributed by atoms with van der Waals surface area (Å²) in [4.78, 5) is 24.6. The normalized spacial score (nSPS) is 9.81. The molecule has 0 radical (unpaired) electrons. The summed E-state index contributed by atoms with van der Waals surface area (Å²) >= 11 is 0. The minimum atomic E-state index is -0.228. The van der Waals surface area contributed by atoms with E-state index >= 15 is 0 Å². The van der Waals surface area contributed by atoms with Gasteiger partial charge in [0.25, 0.3) is 0 Å². The molecular formula is C16H17N3O2. The molecule has 2 aromatic rings. The Balaban J connectivity index is 2.01. The van der Waals surface area contributed by atoms with E-state index in [9.17, 15) is 9.59 Å². The predicted octanol–water partition coefficient (Wildman–Crippen LogP) is 3.31. The van der Waals surface area contributed by atoms with Gasteiger partial charge in [0.2, 0.25) is 5.91 Å². The zero-order valence-electron chi connectivity index (χ0n) is 12.0. The summed E-state index contributed by atoms with van der Waals surface area (Å²) in [5, 5.41) is 5.47. The molecule has 0 aliphatic heterocycles. The monoisotopic (exact) mass is 283 g/mol. The average Bonchev–Trinajstić information content (AvgIpc) is 2.49. The molecule has 2 aromatic carbocycles. The molecule has 0 saturated carbocycles. The van der Waals surface area contributed by atoms with Crippen molar-refractivity contribution >= 4 is 29.0 Å². The number of carbonyl (C=O) groups excluding carboxylic acids is 2. The molecule has 5 heteroatoms. The molecule has 2 N–H and O–H groups in total. The van der Waals surface area contributed by atoms with Gasteiger partial charge in [-0.3, -0.25) is 9.69 Å². The first kappa shape index (κ1) is 14.6. The number of nitrogens with one attached hydrogen (secondary N) is 2. The van der Waals surface area contributed by atoms with Crippen LogP contribution in [0.15, 0.2) is 54.6 Å². The van der Waals surface area contributed by atoms with Gasteiger partial charge < -0.3 is 10.6 Å². The van der Waals surface area contributed by atoms with Crippen LogP contribution in [0.4, 0.5) is 21.9 Å². The summed E-state index contributed by atoms with van der Waals surface area (Å²) in [6, 6.07) is 16.1. The lowest BCUT2D eigenvalue weighted by molar-refractivity contribution is -0.114. The van der Waals surface area contributed by atoms with Crippen molar-refractivity contribution in [2.75, 3.05) is 22.6 Å². The number of anilines is 3. The van der Waals surface area contributed by atoms with Crippen molar-refractivity contribution in [1.29, 1.82) is 0 Å². The van der Waals surface area contributed by atoms with Crippen molar-refractivity contribution in [3.8, 4) is 0 Å². The van der Waals surface area contributed by atoms with Crippen LogP contribution < -0.4 is 15.5 Å². The number of benzene rings is 2. The highest BCUT2D eigenvalue weighted by atomic mass is 16.2. The standard InChI is InChI=1S/C16H17N3O2/c1-12(20)17-13-8-10-14(11-9-13)18-16(21)19(2)15-6-4-3-5-7-15/h3-11H,1-2H3,(H,17,20)(H,18,21). The van der Waals surface area contributed by atoms with Gasteiger partial charge in [-0.15, -0.1) is 0 Å². The lowest BCUT2D eigenvalue weighted by Gasteiger charge is -2.18. The summed E-state index contributed by atoms with van der Waals surface area (Å²) in [6.07, 6.45) is 0. The summed E-state index contributed by atoms with van der Waals surface area (Å²) < 4.78 is 0. The van der Waals surface area contributed by atoms with E-state index in [4.69, 9.17) is 0 Å². The Kier molecular flexibility index (Phi) is 4.56. The molecule has 0 unspecified atom stereocenters. The Bertz CT molecular complexity index is 624. The predicted molar refractivity (Wildman–Crippen MR) is 84.6 cm³/mol. The van der Waals surface area contributed by atoms with Gasteiger partial charge in [0.05, 0.1) is 0 Å². The molecule has 0 atom stereocenters. The summed E-state index contributed by atoms with van der Waals surface area (Å²) in [5.74, 6) is -0.129. The summed E-state index contributed by atoms with van der Waals surface area (Å²) in [6.45, 7) is 1.45. The molecule has 0 heterocycles. The number of urea groups is 1. The minimum absolute atomic E-state index is 0.129. The maximum Gasteiger partial charge on any atom is 0.326 e. The number of rotatable bonds is 3. The van der Waals surface area contributed by atoms with E-state index in [-0.39, 0.29) is 11.9 Å². The van der Waals surface area contributed by atoms with Gasteiger partial charge in [-0.1, -0.05) is 18.2 Å². The van der Waals surface area contributed by atoms with E-state index < -0.39 is 0 Å². The van der Waals surface area contributed by atoms with Gasteiger partial charge in [0, 0.05) is 31.0 Å². The van der Waals surface area contributed by atoms with Crippen LogP contribution in [-0.4, -0.2) is 19.0 Å². The third-order valence-corrected chi connectivity index (χ3v) is 2.90. The number of nitrogens with zero attached hydrogens (tertiary/aromatic N) is 1. The Hall–Kier alpha value is -2.82.